The Morgan fingerprint density at radius 3 is 2.21 bits per heavy atom. The van der Waals surface area contributed by atoms with Crippen molar-refractivity contribution in [1.29, 1.82) is 0 Å². The van der Waals surface area contributed by atoms with Gasteiger partial charge < -0.3 is 15.0 Å². The zero-order valence-electron chi connectivity index (χ0n) is 18.1. The average Bonchev–Trinajstić information content (AvgIpc) is 2.84. The summed E-state index contributed by atoms with van der Waals surface area (Å²) in [5, 5.41) is 2.77. The van der Waals surface area contributed by atoms with Gasteiger partial charge in [-0.25, -0.2) is 4.79 Å². The highest BCUT2D eigenvalue weighted by atomic mass is 16.5. The van der Waals surface area contributed by atoms with Gasteiger partial charge in [-0.1, -0.05) is 45.0 Å². The molecule has 0 aromatic heterocycles. The van der Waals surface area contributed by atoms with E-state index in [0.29, 0.717) is 18.7 Å². The van der Waals surface area contributed by atoms with E-state index in [0.717, 1.165) is 10.5 Å². The van der Waals surface area contributed by atoms with Crippen molar-refractivity contribution in [1.82, 2.24) is 15.1 Å². The number of nitrogens with one attached hydrogen (secondary N) is 1. The van der Waals surface area contributed by atoms with Crippen LogP contribution in [0.2, 0.25) is 0 Å². The first kappa shape index (κ1) is 21.3. The van der Waals surface area contributed by atoms with Gasteiger partial charge in [0.05, 0.1) is 12.2 Å². The van der Waals surface area contributed by atoms with Crippen molar-refractivity contribution in [2.75, 3.05) is 19.6 Å². The summed E-state index contributed by atoms with van der Waals surface area (Å²) in [5.74, 6) is -0.656. The molecule has 2 aliphatic heterocycles. The van der Waals surface area contributed by atoms with E-state index in [4.69, 9.17) is 4.74 Å². The molecule has 2 saturated heterocycles. The molecule has 0 aliphatic carbocycles. The average molecular weight is 402 g/mol. The molecule has 4 amide bonds. The molecule has 3 atom stereocenters. The van der Waals surface area contributed by atoms with Crippen molar-refractivity contribution >= 4 is 17.8 Å². The van der Waals surface area contributed by atoms with E-state index in [1.54, 1.807) is 11.8 Å². The quantitative estimate of drug-likeness (QED) is 0.789. The molecule has 0 spiro atoms. The number of ether oxygens (including phenoxy) is 1. The van der Waals surface area contributed by atoms with Gasteiger partial charge in [-0.05, 0) is 37.3 Å². The number of hydrogen-bond donors (Lipinski definition) is 1. The summed E-state index contributed by atoms with van der Waals surface area (Å²) in [7, 11) is 0. The molecular weight excluding hydrogens is 370 g/mol. The highest BCUT2D eigenvalue weighted by Gasteiger charge is 2.50. The van der Waals surface area contributed by atoms with E-state index in [1.165, 1.54) is 0 Å². The number of benzene rings is 1. The summed E-state index contributed by atoms with van der Waals surface area (Å²) in [6.07, 6.45) is -0.144. The summed E-state index contributed by atoms with van der Waals surface area (Å²) in [6.45, 7) is 12.5. The van der Waals surface area contributed by atoms with E-state index < -0.39 is 17.5 Å². The van der Waals surface area contributed by atoms with Gasteiger partial charge in [0.1, 0.15) is 12.1 Å². The third kappa shape index (κ3) is 4.15. The van der Waals surface area contributed by atoms with E-state index in [1.807, 2.05) is 38.1 Å². The second kappa shape index (κ2) is 7.44. The number of imide groups is 1. The molecule has 0 saturated carbocycles. The second-order valence-electron chi connectivity index (χ2n) is 9.33. The van der Waals surface area contributed by atoms with Crippen LogP contribution in [0, 0.1) is 0 Å². The maximum atomic E-state index is 13.1. The first-order chi connectivity index (χ1) is 13.4. The third-order valence-corrected chi connectivity index (χ3v) is 5.67. The molecule has 0 radical (unpaired) electrons. The smallest absolute Gasteiger partial charge is 0.325 e. The molecule has 29 heavy (non-hydrogen) atoms. The molecule has 1 aromatic rings. The fourth-order valence-corrected chi connectivity index (χ4v) is 3.96. The Morgan fingerprint density at radius 1 is 1.14 bits per heavy atom. The highest BCUT2D eigenvalue weighted by Crippen LogP contribution is 2.31. The maximum Gasteiger partial charge on any atom is 0.325 e. The molecule has 7 nitrogen and oxygen atoms in total. The van der Waals surface area contributed by atoms with Crippen LogP contribution in [0.25, 0.3) is 0 Å². The number of urea groups is 1. The lowest BCUT2D eigenvalue weighted by atomic mass is 9.84. The predicted molar refractivity (Wildman–Crippen MR) is 109 cm³/mol. The summed E-state index contributed by atoms with van der Waals surface area (Å²) in [4.78, 5) is 41.1. The molecule has 3 rings (SSSR count). The Labute approximate surface area is 172 Å². The van der Waals surface area contributed by atoms with Crippen LogP contribution in [0.5, 0.6) is 0 Å². The Balaban J connectivity index is 1.76. The number of nitrogens with zero attached hydrogens (tertiary/aromatic N) is 2. The van der Waals surface area contributed by atoms with Crippen LogP contribution in [-0.4, -0.2) is 59.5 Å². The Kier molecular flexibility index (Phi) is 5.47. The second-order valence-corrected chi connectivity index (χ2v) is 9.33. The number of amides is 4. The lowest BCUT2D eigenvalue weighted by Gasteiger charge is -2.35. The molecule has 0 bridgehead atoms. The first-order valence-electron chi connectivity index (χ1n) is 10.1. The lowest BCUT2D eigenvalue weighted by molar-refractivity contribution is -0.146. The highest BCUT2D eigenvalue weighted by molar-refractivity contribution is 6.09. The fraction of sp³-hybridized carbons (Fsp3) is 0.591. The molecule has 1 N–H and O–H groups in total. The van der Waals surface area contributed by atoms with E-state index in [2.05, 4.69) is 26.1 Å². The third-order valence-electron chi connectivity index (χ3n) is 5.67. The molecule has 2 heterocycles. The van der Waals surface area contributed by atoms with E-state index in [9.17, 15) is 14.4 Å². The normalized spacial score (nSPS) is 27.9. The molecule has 2 aliphatic rings. The molecule has 2 fully saturated rings. The summed E-state index contributed by atoms with van der Waals surface area (Å²) in [6, 6.07) is 7.15. The summed E-state index contributed by atoms with van der Waals surface area (Å²) in [5.41, 5.74) is 0.656. The Morgan fingerprint density at radius 2 is 1.69 bits per heavy atom. The van der Waals surface area contributed by atoms with Crippen LogP contribution in [0.4, 0.5) is 4.79 Å². The van der Waals surface area contributed by atoms with Gasteiger partial charge >= 0.3 is 6.03 Å². The Bertz CT molecular complexity index is 804. The number of carbonyl (C=O) groups is 3. The summed E-state index contributed by atoms with van der Waals surface area (Å²) >= 11 is 0. The minimum Gasteiger partial charge on any atom is -0.372 e. The van der Waals surface area contributed by atoms with Gasteiger partial charge in [0.15, 0.2) is 0 Å². The van der Waals surface area contributed by atoms with E-state index in [-0.39, 0.29) is 30.1 Å². The van der Waals surface area contributed by atoms with Gasteiger partial charge in [-0.3, -0.25) is 14.5 Å². The minimum absolute atomic E-state index is 0.00669. The van der Waals surface area contributed by atoms with Crippen molar-refractivity contribution in [2.24, 2.45) is 0 Å². The number of rotatable bonds is 3. The van der Waals surface area contributed by atoms with Crippen LogP contribution in [0.3, 0.4) is 0 Å². The fourth-order valence-electron chi connectivity index (χ4n) is 3.96. The zero-order valence-corrected chi connectivity index (χ0v) is 18.1. The molecule has 7 heteroatoms. The van der Waals surface area contributed by atoms with Gasteiger partial charge in [0.25, 0.3) is 5.91 Å². The van der Waals surface area contributed by atoms with Crippen LogP contribution in [0.1, 0.15) is 52.7 Å². The SMILES string of the molecule is CC1CN(C(=O)CN2C(=O)NC(C)(c3ccc(C(C)(C)C)cc3)C2=O)CC(C)O1. The van der Waals surface area contributed by atoms with Crippen LogP contribution in [0.15, 0.2) is 24.3 Å². The standard InChI is InChI=1S/C22H31N3O4/c1-14-11-24(12-15(2)29-14)18(26)13-25-19(27)22(6,23-20(25)28)17-9-7-16(8-10-17)21(3,4)5/h7-10,14-15H,11-13H2,1-6H3,(H,23,28). The van der Waals surface area contributed by atoms with Crippen molar-refractivity contribution in [2.45, 2.75) is 64.7 Å². The zero-order chi connectivity index (χ0) is 21.6. The van der Waals surface area contributed by atoms with Crippen LogP contribution >= 0.6 is 0 Å². The van der Waals surface area contributed by atoms with Crippen molar-refractivity contribution in [3.63, 3.8) is 0 Å². The number of carbonyl (C=O) groups excluding carboxylic acids is 3. The van der Waals surface area contributed by atoms with Crippen LogP contribution in [-0.2, 0) is 25.3 Å². The summed E-state index contributed by atoms with van der Waals surface area (Å²) < 4.78 is 5.65. The van der Waals surface area contributed by atoms with Crippen molar-refractivity contribution in [3.8, 4) is 0 Å². The largest absolute Gasteiger partial charge is 0.372 e. The van der Waals surface area contributed by atoms with E-state index >= 15 is 0 Å². The molecule has 1 aromatic carbocycles. The lowest BCUT2D eigenvalue weighted by Crippen LogP contribution is -2.52. The molecular formula is C22H31N3O4. The number of morpholine rings is 1. The van der Waals surface area contributed by atoms with Gasteiger partial charge in [-0.2, -0.15) is 0 Å². The maximum absolute atomic E-state index is 13.1. The predicted octanol–water partition coefficient (Wildman–Crippen LogP) is 2.39. The van der Waals surface area contributed by atoms with Gasteiger partial charge in [0.2, 0.25) is 5.91 Å². The Hall–Kier alpha value is -2.41. The van der Waals surface area contributed by atoms with Crippen molar-refractivity contribution in [3.05, 3.63) is 35.4 Å². The van der Waals surface area contributed by atoms with Crippen molar-refractivity contribution < 1.29 is 19.1 Å². The van der Waals surface area contributed by atoms with Crippen LogP contribution < -0.4 is 5.32 Å². The molecule has 158 valence electrons. The first-order valence-corrected chi connectivity index (χ1v) is 10.1. The topological polar surface area (TPSA) is 79.0 Å². The molecule has 3 unspecified atom stereocenters. The van der Waals surface area contributed by atoms with Gasteiger partial charge in [-0.15, -0.1) is 0 Å². The monoisotopic (exact) mass is 401 g/mol. The number of hydrogen-bond acceptors (Lipinski definition) is 4. The van der Waals surface area contributed by atoms with Gasteiger partial charge in [0, 0.05) is 13.1 Å². The minimum atomic E-state index is -1.18.